The molecule has 0 aliphatic rings. The van der Waals surface area contributed by atoms with Gasteiger partial charge in [0, 0.05) is 20.1 Å². The van der Waals surface area contributed by atoms with Gasteiger partial charge in [-0.3, -0.25) is 14.7 Å². The van der Waals surface area contributed by atoms with Gasteiger partial charge in [0.2, 0.25) is 5.91 Å². The smallest absolute Gasteiger partial charge is 0.231 e. The van der Waals surface area contributed by atoms with Gasteiger partial charge in [-0.15, -0.1) is 0 Å². The number of hydrogen-bond acceptors (Lipinski definition) is 5. The van der Waals surface area contributed by atoms with Crippen LogP contribution in [-0.2, 0) is 11.3 Å². The number of carbonyl (C=O) groups excluding carboxylic acids is 1. The molecule has 0 radical (unpaired) electrons. The number of amides is 1. The number of hydrogen-bond donors (Lipinski definition) is 2. The number of aromatic nitrogens is 2. The van der Waals surface area contributed by atoms with E-state index in [0.29, 0.717) is 12.5 Å². The van der Waals surface area contributed by atoms with Crippen molar-refractivity contribution in [1.82, 2.24) is 14.9 Å². The first-order valence-corrected chi connectivity index (χ1v) is 6.00. The Labute approximate surface area is 108 Å². The van der Waals surface area contributed by atoms with Crippen molar-refractivity contribution in [1.29, 1.82) is 0 Å². The number of primary amides is 1. The maximum absolute atomic E-state index is 11.0. The van der Waals surface area contributed by atoms with E-state index in [1.807, 2.05) is 4.90 Å². The van der Waals surface area contributed by atoms with Crippen LogP contribution in [-0.4, -0.2) is 40.9 Å². The Morgan fingerprint density at radius 2 is 2.17 bits per heavy atom. The first-order chi connectivity index (χ1) is 8.51. The van der Waals surface area contributed by atoms with Gasteiger partial charge in [-0.1, -0.05) is 13.8 Å². The molecule has 0 aliphatic carbocycles. The summed E-state index contributed by atoms with van der Waals surface area (Å²) in [5.74, 6) is 0.869. The molecule has 0 saturated carbocycles. The lowest BCUT2D eigenvalue weighted by molar-refractivity contribution is -0.119. The van der Waals surface area contributed by atoms with Crippen LogP contribution in [0, 0.1) is 5.92 Å². The average molecular weight is 251 g/mol. The van der Waals surface area contributed by atoms with Crippen molar-refractivity contribution < 1.29 is 4.79 Å². The zero-order chi connectivity index (χ0) is 13.5. The van der Waals surface area contributed by atoms with Crippen molar-refractivity contribution in [3.63, 3.8) is 0 Å². The van der Waals surface area contributed by atoms with Gasteiger partial charge in [0.05, 0.1) is 24.6 Å². The molecule has 0 spiro atoms. The summed E-state index contributed by atoms with van der Waals surface area (Å²) in [6, 6.07) is 0. The minimum absolute atomic E-state index is 0.244. The van der Waals surface area contributed by atoms with E-state index in [1.165, 1.54) is 0 Å². The molecule has 0 unspecified atom stereocenters. The van der Waals surface area contributed by atoms with Crippen molar-refractivity contribution in [2.75, 3.05) is 25.5 Å². The van der Waals surface area contributed by atoms with E-state index in [1.54, 1.807) is 19.4 Å². The number of nitrogens with two attached hydrogens (primary N) is 1. The SMILES string of the molecule is CNc1cnc(CN(CC(N)=O)CC(C)C)cn1. The van der Waals surface area contributed by atoms with Crippen LogP contribution in [0.5, 0.6) is 0 Å². The molecule has 1 heterocycles. The minimum atomic E-state index is -0.324. The van der Waals surface area contributed by atoms with Gasteiger partial charge in [0.25, 0.3) is 0 Å². The molecule has 0 atom stereocenters. The molecule has 3 N–H and O–H groups in total. The zero-order valence-electron chi connectivity index (χ0n) is 11.2. The fourth-order valence-electron chi connectivity index (χ4n) is 1.72. The lowest BCUT2D eigenvalue weighted by Crippen LogP contribution is -2.36. The normalized spacial score (nSPS) is 10.9. The molecular formula is C12H21N5O. The predicted molar refractivity (Wildman–Crippen MR) is 70.9 cm³/mol. The third-order valence-electron chi connectivity index (χ3n) is 2.35. The van der Waals surface area contributed by atoms with E-state index in [0.717, 1.165) is 18.1 Å². The highest BCUT2D eigenvalue weighted by molar-refractivity contribution is 5.75. The van der Waals surface area contributed by atoms with E-state index in [2.05, 4.69) is 29.1 Å². The first-order valence-electron chi connectivity index (χ1n) is 6.00. The van der Waals surface area contributed by atoms with Crippen molar-refractivity contribution in [3.8, 4) is 0 Å². The number of rotatable bonds is 7. The molecule has 0 bridgehead atoms. The van der Waals surface area contributed by atoms with Crippen LogP contribution in [0.2, 0.25) is 0 Å². The monoisotopic (exact) mass is 251 g/mol. The molecular weight excluding hydrogens is 230 g/mol. The van der Waals surface area contributed by atoms with Crippen LogP contribution in [0.4, 0.5) is 5.82 Å². The highest BCUT2D eigenvalue weighted by Crippen LogP contribution is 2.06. The quantitative estimate of drug-likeness (QED) is 0.735. The zero-order valence-corrected chi connectivity index (χ0v) is 11.2. The van der Waals surface area contributed by atoms with Crippen LogP contribution < -0.4 is 11.1 Å². The Morgan fingerprint density at radius 1 is 1.44 bits per heavy atom. The summed E-state index contributed by atoms with van der Waals surface area (Å²) in [5, 5.41) is 2.91. The minimum Gasteiger partial charge on any atom is -0.372 e. The Morgan fingerprint density at radius 3 is 2.61 bits per heavy atom. The second-order valence-corrected chi connectivity index (χ2v) is 4.67. The third-order valence-corrected chi connectivity index (χ3v) is 2.35. The summed E-state index contributed by atoms with van der Waals surface area (Å²) in [5.41, 5.74) is 6.07. The van der Waals surface area contributed by atoms with Gasteiger partial charge >= 0.3 is 0 Å². The van der Waals surface area contributed by atoms with Gasteiger partial charge in [0.15, 0.2) is 0 Å². The maximum Gasteiger partial charge on any atom is 0.231 e. The molecule has 0 fully saturated rings. The van der Waals surface area contributed by atoms with E-state index in [-0.39, 0.29) is 12.5 Å². The van der Waals surface area contributed by atoms with Gasteiger partial charge in [-0.25, -0.2) is 4.98 Å². The van der Waals surface area contributed by atoms with Crippen LogP contribution >= 0.6 is 0 Å². The van der Waals surface area contributed by atoms with E-state index in [9.17, 15) is 4.79 Å². The molecule has 1 aromatic rings. The fourth-order valence-corrected chi connectivity index (χ4v) is 1.72. The molecule has 0 aliphatic heterocycles. The van der Waals surface area contributed by atoms with Crippen molar-refractivity contribution in [2.24, 2.45) is 11.7 Å². The maximum atomic E-state index is 11.0. The average Bonchev–Trinajstić information content (AvgIpc) is 2.28. The summed E-state index contributed by atoms with van der Waals surface area (Å²) in [6.45, 7) is 5.83. The standard InChI is InChI=1S/C12H21N5O/c1-9(2)6-17(8-11(13)18)7-10-4-16-12(14-3)5-15-10/h4-5,9H,6-8H2,1-3H3,(H2,13,18)(H,14,16). The Balaban J connectivity index is 2.65. The predicted octanol–water partition coefficient (Wildman–Crippen LogP) is 0.462. The van der Waals surface area contributed by atoms with Crippen molar-refractivity contribution in [3.05, 3.63) is 18.1 Å². The van der Waals surface area contributed by atoms with Crippen LogP contribution in [0.3, 0.4) is 0 Å². The molecule has 1 rings (SSSR count). The summed E-state index contributed by atoms with van der Waals surface area (Å²) in [6.07, 6.45) is 3.38. The summed E-state index contributed by atoms with van der Waals surface area (Å²) >= 11 is 0. The second-order valence-electron chi connectivity index (χ2n) is 4.67. The Hall–Kier alpha value is -1.69. The second kappa shape index (κ2) is 6.90. The highest BCUT2D eigenvalue weighted by atomic mass is 16.1. The number of nitrogens with zero attached hydrogens (tertiary/aromatic N) is 3. The molecule has 6 heteroatoms. The Kier molecular flexibility index (Phi) is 5.51. The van der Waals surface area contributed by atoms with Crippen LogP contribution in [0.1, 0.15) is 19.5 Å². The fraction of sp³-hybridized carbons (Fsp3) is 0.583. The van der Waals surface area contributed by atoms with E-state index < -0.39 is 0 Å². The highest BCUT2D eigenvalue weighted by Gasteiger charge is 2.11. The lowest BCUT2D eigenvalue weighted by atomic mass is 10.2. The topological polar surface area (TPSA) is 84.1 Å². The lowest BCUT2D eigenvalue weighted by Gasteiger charge is -2.22. The molecule has 0 aromatic carbocycles. The van der Waals surface area contributed by atoms with E-state index in [4.69, 9.17) is 5.73 Å². The molecule has 0 saturated heterocycles. The van der Waals surface area contributed by atoms with Crippen LogP contribution in [0.15, 0.2) is 12.4 Å². The summed E-state index contributed by atoms with van der Waals surface area (Å²) < 4.78 is 0. The van der Waals surface area contributed by atoms with Crippen LogP contribution in [0.25, 0.3) is 0 Å². The van der Waals surface area contributed by atoms with Gasteiger partial charge in [-0.05, 0) is 5.92 Å². The summed E-state index contributed by atoms with van der Waals surface area (Å²) in [7, 11) is 1.79. The number of nitrogens with one attached hydrogen (secondary N) is 1. The third kappa shape index (κ3) is 5.09. The van der Waals surface area contributed by atoms with E-state index >= 15 is 0 Å². The molecule has 18 heavy (non-hydrogen) atoms. The molecule has 1 amide bonds. The first kappa shape index (κ1) is 14.4. The van der Waals surface area contributed by atoms with Gasteiger partial charge < -0.3 is 11.1 Å². The molecule has 6 nitrogen and oxygen atoms in total. The Bertz CT molecular complexity index is 377. The summed E-state index contributed by atoms with van der Waals surface area (Å²) in [4.78, 5) is 21.5. The number of carbonyl (C=O) groups is 1. The van der Waals surface area contributed by atoms with Gasteiger partial charge in [-0.2, -0.15) is 0 Å². The number of anilines is 1. The van der Waals surface area contributed by atoms with Gasteiger partial charge in [0.1, 0.15) is 5.82 Å². The molecule has 1 aromatic heterocycles. The van der Waals surface area contributed by atoms with Crippen molar-refractivity contribution in [2.45, 2.75) is 20.4 Å². The molecule has 100 valence electrons. The van der Waals surface area contributed by atoms with Crippen molar-refractivity contribution >= 4 is 11.7 Å². The largest absolute Gasteiger partial charge is 0.372 e.